The molecule has 0 bridgehead atoms. The summed E-state index contributed by atoms with van der Waals surface area (Å²) in [5.41, 5.74) is 8.51. The normalized spacial score (nSPS) is 17.7. The van der Waals surface area contributed by atoms with E-state index in [1.54, 1.807) is 0 Å². The molecule has 1 N–H and O–H groups in total. The van der Waals surface area contributed by atoms with Crippen LogP contribution in [0.15, 0.2) is 60.7 Å². The van der Waals surface area contributed by atoms with Crippen LogP contribution in [0.4, 0.5) is 0 Å². The Balaban J connectivity index is 1.56. The predicted molar refractivity (Wildman–Crippen MR) is 126 cm³/mol. The Morgan fingerprint density at radius 1 is 0.690 bits per heavy atom. The lowest BCUT2D eigenvalue weighted by molar-refractivity contribution is 0.481. The Morgan fingerprint density at radius 2 is 1.45 bits per heavy atom. The van der Waals surface area contributed by atoms with Gasteiger partial charge in [0.2, 0.25) is 0 Å². The highest BCUT2D eigenvalue weighted by Crippen LogP contribution is 2.52. The highest BCUT2D eigenvalue weighted by Gasteiger charge is 2.39. The van der Waals surface area contributed by atoms with Crippen LogP contribution in [0, 0.1) is 0 Å². The fourth-order valence-corrected chi connectivity index (χ4v) is 5.45. The number of hydrogen-bond donors (Lipinski definition) is 1. The molecule has 1 nitrogen and oxygen atoms in total. The standard InChI is InChI=1S/C28H31N/c1-3-4-5-6-7-12-17-28(2)24-15-10-8-13-20(24)22-18-23-21-14-9-11-16-26(21)29-27(23)19-25(22)28/h8-11,13-16,18-19,29H,3-7,12,17H2,1-2H3. The molecule has 0 spiro atoms. The summed E-state index contributed by atoms with van der Waals surface area (Å²) in [6.07, 6.45) is 9.34. The van der Waals surface area contributed by atoms with E-state index in [9.17, 15) is 0 Å². The third-order valence-electron chi connectivity index (χ3n) is 7.08. The minimum Gasteiger partial charge on any atom is -0.355 e. The molecule has 1 unspecified atom stereocenters. The summed E-state index contributed by atoms with van der Waals surface area (Å²) in [6, 6.07) is 22.6. The number of rotatable bonds is 7. The van der Waals surface area contributed by atoms with Gasteiger partial charge in [-0.05, 0) is 46.9 Å². The first-order valence-electron chi connectivity index (χ1n) is 11.4. The molecule has 1 heterocycles. The molecule has 4 aromatic rings. The van der Waals surface area contributed by atoms with Gasteiger partial charge in [0.05, 0.1) is 0 Å². The number of benzene rings is 3. The van der Waals surface area contributed by atoms with Crippen molar-refractivity contribution in [2.24, 2.45) is 0 Å². The maximum atomic E-state index is 3.66. The number of para-hydroxylation sites is 1. The lowest BCUT2D eigenvalue weighted by Gasteiger charge is -2.27. The Kier molecular flexibility index (Phi) is 4.70. The summed E-state index contributed by atoms with van der Waals surface area (Å²) in [4.78, 5) is 3.66. The van der Waals surface area contributed by atoms with Crippen LogP contribution in [0.1, 0.15) is 69.9 Å². The van der Waals surface area contributed by atoms with Crippen LogP contribution in [0.3, 0.4) is 0 Å². The third-order valence-corrected chi connectivity index (χ3v) is 7.08. The van der Waals surface area contributed by atoms with E-state index in [0.29, 0.717) is 0 Å². The largest absolute Gasteiger partial charge is 0.355 e. The zero-order valence-electron chi connectivity index (χ0n) is 17.7. The molecular weight excluding hydrogens is 350 g/mol. The lowest BCUT2D eigenvalue weighted by atomic mass is 9.76. The quantitative estimate of drug-likeness (QED) is 0.309. The predicted octanol–water partition coefficient (Wildman–Crippen LogP) is 8.36. The highest BCUT2D eigenvalue weighted by molar-refractivity contribution is 6.09. The Bertz CT molecular complexity index is 1170. The molecule has 1 heteroatoms. The van der Waals surface area contributed by atoms with E-state index in [2.05, 4.69) is 79.5 Å². The zero-order valence-corrected chi connectivity index (χ0v) is 17.7. The van der Waals surface area contributed by atoms with Crippen molar-refractivity contribution in [1.82, 2.24) is 4.98 Å². The number of unbranched alkanes of at least 4 members (excludes halogenated alkanes) is 5. The molecule has 0 fully saturated rings. The smallest absolute Gasteiger partial charge is 0.0468 e. The van der Waals surface area contributed by atoms with Gasteiger partial charge in [0.1, 0.15) is 0 Å². The molecule has 1 atom stereocenters. The monoisotopic (exact) mass is 381 g/mol. The van der Waals surface area contributed by atoms with E-state index in [-0.39, 0.29) is 5.41 Å². The van der Waals surface area contributed by atoms with Crippen LogP contribution in [0.5, 0.6) is 0 Å². The van der Waals surface area contributed by atoms with Gasteiger partial charge in [-0.25, -0.2) is 0 Å². The molecule has 0 saturated carbocycles. The Morgan fingerprint density at radius 3 is 2.34 bits per heavy atom. The van der Waals surface area contributed by atoms with Crippen molar-refractivity contribution in [2.75, 3.05) is 0 Å². The second-order valence-electron chi connectivity index (χ2n) is 9.01. The molecule has 3 aromatic carbocycles. The van der Waals surface area contributed by atoms with Gasteiger partial charge in [-0.1, -0.05) is 94.8 Å². The fourth-order valence-electron chi connectivity index (χ4n) is 5.45. The van der Waals surface area contributed by atoms with Gasteiger partial charge >= 0.3 is 0 Å². The molecule has 148 valence electrons. The first-order chi connectivity index (χ1) is 14.2. The van der Waals surface area contributed by atoms with Crippen LogP contribution in [0.2, 0.25) is 0 Å². The van der Waals surface area contributed by atoms with Crippen molar-refractivity contribution >= 4 is 21.8 Å². The summed E-state index contributed by atoms with van der Waals surface area (Å²) < 4.78 is 0. The number of hydrogen-bond acceptors (Lipinski definition) is 0. The molecule has 1 aliphatic carbocycles. The first kappa shape index (κ1) is 18.5. The van der Waals surface area contributed by atoms with Crippen molar-refractivity contribution in [3.05, 3.63) is 71.8 Å². The minimum absolute atomic E-state index is 0.113. The summed E-state index contributed by atoms with van der Waals surface area (Å²) in [5, 5.41) is 2.67. The van der Waals surface area contributed by atoms with Crippen LogP contribution in [0.25, 0.3) is 32.9 Å². The van der Waals surface area contributed by atoms with E-state index < -0.39 is 0 Å². The average molecular weight is 382 g/mol. The SMILES string of the molecule is CCCCCCCCC1(C)c2ccccc2-c2cc3c(cc21)[nH]c1ccccc13. The van der Waals surface area contributed by atoms with Gasteiger partial charge in [-0.15, -0.1) is 0 Å². The van der Waals surface area contributed by atoms with Crippen LogP contribution < -0.4 is 0 Å². The van der Waals surface area contributed by atoms with Crippen molar-refractivity contribution in [3.8, 4) is 11.1 Å². The van der Waals surface area contributed by atoms with Crippen LogP contribution >= 0.6 is 0 Å². The molecule has 5 rings (SSSR count). The maximum Gasteiger partial charge on any atom is 0.0468 e. The number of H-pyrrole nitrogens is 1. The summed E-state index contributed by atoms with van der Waals surface area (Å²) in [5.74, 6) is 0. The van der Waals surface area contributed by atoms with Crippen LogP contribution in [-0.4, -0.2) is 4.98 Å². The summed E-state index contributed by atoms with van der Waals surface area (Å²) in [7, 11) is 0. The summed E-state index contributed by atoms with van der Waals surface area (Å²) in [6.45, 7) is 4.76. The van der Waals surface area contributed by atoms with E-state index in [1.165, 1.54) is 89.0 Å². The van der Waals surface area contributed by atoms with Crippen molar-refractivity contribution in [3.63, 3.8) is 0 Å². The molecule has 29 heavy (non-hydrogen) atoms. The third kappa shape index (κ3) is 2.99. The number of aromatic nitrogens is 1. The zero-order chi connectivity index (χ0) is 19.8. The minimum atomic E-state index is 0.113. The van der Waals surface area contributed by atoms with Gasteiger partial charge < -0.3 is 4.98 Å². The van der Waals surface area contributed by atoms with Crippen LogP contribution in [-0.2, 0) is 5.41 Å². The molecular formula is C28H31N. The lowest BCUT2D eigenvalue weighted by Crippen LogP contribution is -2.20. The molecule has 0 aliphatic heterocycles. The van der Waals surface area contributed by atoms with E-state index >= 15 is 0 Å². The van der Waals surface area contributed by atoms with Crippen molar-refractivity contribution in [2.45, 2.75) is 64.2 Å². The van der Waals surface area contributed by atoms with E-state index in [1.807, 2.05) is 0 Å². The van der Waals surface area contributed by atoms with Crippen molar-refractivity contribution in [1.29, 1.82) is 0 Å². The molecule has 0 radical (unpaired) electrons. The second kappa shape index (κ2) is 7.37. The Hall–Kier alpha value is -2.54. The fraction of sp³-hybridized carbons (Fsp3) is 0.357. The number of aromatic amines is 1. The second-order valence-corrected chi connectivity index (χ2v) is 9.01. The number of fused-ring (bicyclic) bond motifs is 6. The number of nitrogens with one attached hydrogen (secondary N) is 1. The van der Waals surface area contributed by atoms with Gasteiger partial charge in [-0.3, -0.25) is 0 Å². The molecule has 1 aliphatic rings. The highest BCUT2D eigenvalue weighted by atomic mass is 14.7. The summed E-state index contributed by atoms with van der Waals surface area (Å²) >= 11 is 0. The first-order valence-corrected chi connectivity index (χ1v) is 11.4. The molecule has 0 saturated heterocycles. The van der Waals surface area contributed by atoms with E-state index in [0.717, 1.165) is 0 Å². The van der Waals surface area contributed by atoms with Gasteiger partial charge in [0, 0.05) is 27.2 Å². The Labute approximate surface area is 174 Å². The van der Waals surface area contributed by atoms with Gasteiger partial charge in [0.25, 0.3) is 0 Å². The van der Waals surface area contributed by atoms with Gasteiger partial charge in [-0.2, -0.15) is 0 Å². The maximum absolute atomic E-state index is 3.66. The topological polar surface area (TPSA) is 15.8 Å². The van der Waals surface area contributed by atoms with Gasteiger partial charge in [0.15, 0.2) is 0 Å². The molecule has 0 amide bonds. The average Bonchev–Trinajstić information content (AvgIpc) is 3.23. The molecule has 1 aromatic heterocycles. The van der Waals surface area contributed by atoms with E-state index in [4.69, 9.17) is 0 Å². The van der Waals surface area contributed by atoms with Crippen molar-refractivity contribution < 1.29 is 0 Å².